The van der Waals surface area contributed by atoms with E-state index >= 15 is 0 Å². The Morgan fingerprint density at radius 2 is 2.12 bits per heavy atom. The zero-order chi connectivity index (χ0) is 12.0. The lowest BCUT2D eigenvalue weighted by atomic mass is 9.64. The third-order valence-electron chi connectivity index (χ3n) is 4.38. The maximum atomic E-state index is 11.8. The summed E-state index contributed by atoms with van der Waals surface area (Å²) in [7, 11) is 0. The van der Waals surface area contributed by atoms with Crippen LogP contribution in [-0.2, 0) is 4.79 Å². The van der Waals surface area contributed by atoms with Crippen molar-refractivity contribution >= 4 is 18.5 Å². The highest BCUT2D eigenvalue weighted by atomic mass is 32.1. The van der Waals surface area contributed by atoms with Crippen LogP contribution in [0.1, 0.15) is 39.5 Å². The number of nitrogens with one attached hydrogen (secondary N) is 1. The number of hydrogen-bond acceptors (Lipinski definition) is 3. The molecule has 2 unspecified atom stereocenters. The molecule has 2 aliphatic carbocycles. The first-order valence-corrected chi connectivity index (χ1v) is 6.61. The number of hydrogen-bond donors (Lipinski definition) is 3. The average Bonchev–Trinajstić information content (AvgIpc) is 2.98. The number of carbonyl (C=O) groups is 1. The molecule has 3 nitrogen and oxygen atoms in total. The molecule has 2 atom stereocenters. The highest BCUT2D eigenvalue weighted by molar-refractivity contribution is 7.80. The molecule has 2 fully saturated rings. The molecule has 0 aromatic carbocycles. The standard InChI is InChI=1S/C12H21NO2S/c1-11(2)8(5-9(11)14)13-10(15)6-12(7-16)3-4-12/h8-9,14,16H,3-7H2,1-2H3,(H,13,15). The van der Waals surface area contributed by atoms with Crippen LogP contribution in [0.25, 0.3) is 0 Å². The van der Waals surface area contributed by atoms with Crippen LogP contribution in [0.3, 0.4) is 0 Å². The van der Waals surface area contributed by atoms with Gasteiger partial charge in [-0.25, -0.2) is 0 Å². The normalized spacial score (nSPS) is 34.0. The van der Waals surface area contributed by atoms with E-state index in [0.717, 1.165) is 18.6 Å². The Hall–Kier alpha value is -0.220. The Morgan fingerprint density at radius 3 is 2.50 bits per heavy atom. The summed E-state index contributed by atoms with van der Waals surface area (Å²) in [4.78, 5) is 11.8. The van der Waals surface area contributed by atoms with E-state index in [4.69, 9.17) is 0 Å². The van der Waals surface area contributed by atoms with Gasteiger partial charge in [-0.1, -0.05) is 13.8 Å². The molecule has 16 heavy (non-hydrogen) atoms. The summed E-state index contributed by atoms with van der Waals surface area (Å²) < 4.78 is 0. The van der Waals surface area contributed by atoms with Gasteiger partial charge in [0.2, 0.25) is 5.91 Å². The van der Waals surface area contributed by atoms with Crippen LogP contribution in [-0.4, -0.2) is 28.9 Å². The van der Waals surface area contributed by atoms with Crippen LogP contribution in [0.2, 0.25) is 0 Å². The first-order chi connectivity index (χ1) is 7.39. The molecule has 2 aliphatic rings. The summed E-state index contributed by atoms with van der Waals surface area (Å²) in [5.41, 5.74) is 0.00698. The van der Waals surface area contributed by atoms with E-state index in [0.29, 0.717) is 12.8 Å². The Labute approximate surface area is 102 Å². The van der Waals surface area contributed by atoms with Crippen molar-refractivity contribution in [2.75, 3.05) is 5.75 Å². The average molecular weight is 243 g/mol. The molecule has 0 aromatic rings. The second-order valence-corrected chi connectivity index (χ2v) is 6.34. The lowest BCUT2D eigenvalue weighted by Gasteiger charge is -2.49. The third kappa shape index (κ3) is 2.09. The molecule has 0 heterocycles. The maximum Gasteiger partial charge on any atom is 0.220 e. The number of thiol groups is 1. The van der Waals surface area contributed by atoms with Crippen molar-refractivity contribution in [2.45, 2.75) is 51.7 Å². The van der Waals surface area contributed by atoms with Crippen LogP contribution in [0.4, 0.5) is 0 Å². The van der Waals surface area contributed by atoms with Gasteiger partial charge in [0, 0.05) is 17.9 Å². The van der Waals surface area contributed by atoms with E-state index in [-0.39, 0.29) is 28.9 Å². The Morgan fingerprint density at radius 1 is 1.50 bits per heavy atom. The summed E-state index contributed by atoms with van der Waals surface area (Å²) in [5, 5.41) is 12.6. The molecule has 1 amide bonds. The predicted molar refractivity (Wildman–Crippen MR) is 66.5 cm³/mol. The molecule has 2 rings (SSSR count). The molecule has 0 aliphatic heterocycles. The molecule has 0 aromatic heterocycles. The van der Waals surface area contributed by atoms with E-state index < -0.39 is 0 Å². The summed E-state index contributed by atoms with van der Waals surface area (Å²) in [6.45, 7) is 4.00. The van der Waals surface area contributed by atoms with Crippen LogP contribution in [0.15, 0.2) is 0 Å². The minimum absolute atomic E-state index is 0.122. The molecule has 2 N–H and O–H groups in total. The van der Waals surface area contributed by atoms with Crippen LogP contribution >= 0.6 is 12.6 Å². The molecule has 0 bridgehead atoms. The first kappa shape index (κ1) is 12.2. The SMILES string of the molecule is CC1(C)C(O)CC1NC(=O)CC1(CS)CC1. The summed E-state index contributed by atoms with van der Waals surface area (Å²) in [5.74, 6) is 0.924. The minimum Gasteiger partial charge on any atom is -0.392 e. The van der Waals surface area contributed by atoms with E-state index in [2.05, 4.69) is 17.9 Å². The fraction of sp³-hybridized carbons (Fsp3) is 0.917. The number of rotatable bonds is 4. The zero-order valence-electron chi connectivity index (χ0n) is 9.99. The fourth-order valence-corrected chi connectivity index (χ4v) is 2.73. The summed E-state index contributed by atoms with van der Waals surface area (Å²) in [6.07, 6.45) is 3.25. The van der Waals surface area contributed by atoms with Crippen molar-refractivity contribution in [1.29, 1.82) is 0 Å². The van der Waals surface area contributed by atoms with Gasteiger partial charge in [0.25, 0.3) is 0 Å². The largest absolute Gasteiger partial charge is 0.392 e. The van der Waals surface area contributed by atoms with Crippen molar-refractivity contribution in [2.24, 2.45) is 10.8 Å². The molecule has 0 spiro atoms. The van der Waals surface area contributed by atoms with E-state index in [1.807, 2.05) is 13.8 Å². The van der Waals surface area contributed by atoms with Gasteiger partial charge in [-0.15, -0.1) is 0 Å². The summed E-state index contributed by atoms with van der Waals surface area (Å²) >= 11 is 4.29. The Kier molecular flexibility index (Phi) is 2.99. The molecule has 0 radical (unpaired) electrons. The van der Waals surface area contributed by atoms with Crippen molar-refractivity contribution in [3.8, 4) is 0 Å². The molecule has 92 valence electrons. The van der Waals surface area contributed by atoms with Gasteiger partial charge in [0.1, 0.15) is 0 Å². The lowest BCUT2D eigenvalue weighted by Crippen LogP contribution is -2.61. The van der Waals surface area contributed by atoms with Gasteiger partial charge in [-0.05, 0) is 30.4 Å². The van der Waals surface area contributed by atoms with Crippen LogP contribution in [0.5, 0.6) is 0 Å². The van der Waals surface area contributed by atoms with E-state index in [1.54, 1.807) is 0 Å². The number of aliphatic hydroxyl groups excluding tert-OH is 1. The highest BCUT2D eigenvalue weighted by Gasteiger charge is 2.49. The first-order valence-electron chi connectivity index (χ1n) is 5.98. The van der Waals surface area contributed by atoms with Crippen molar-refractivity contribution < 1.29 is 9.90 Å². The molecule has 0 saturated heterocycles. The van der Waals surface area contributed by atoms with Gasteiger partial charge in [0.15, 0.2) is 0 Å². The van der Waals surface area contributed by atoms with Crippen molar-refractivity contribution in [1.82, 2.24) is 5.32 Å². The number of aliphatic hydroxyl groups is 1. The van der Waals surface area contributed by atoms with Gasteiger partial charge in [-0.3, -0.25) is 4.79 Å². The maximum absolute atomic E-state index is 11.8. The van der Waals surface area contributed by atoms with E-state index in [1.165, 1.54) is 0 Å². The highest BCUT2D eigenvalue weighted by Crippen LogP contribution is 2.49. The Balaban J connectivity index is 1.80. The van der Waals surface area contributed by atoms with Gasteiger partial charge in [-0.2, -0.15) is 12.6 Å². The minimum atomic E-state index is -0.280. The number of amides is 1. The molecule has 2 saturated carbocycles. The van der Waals surface area contributed by atoms with Crippen molar-refractivity contribution in [3.63, 3.8) is 0 Å². The summed E-state index contributed by atoms with van der Waals surface area (Å²) in [6, 6.07) is 0.130. The van der Waals surface area contributed by atoms with E-state index in [9.17, 15) is 9.90 Å². The molecular formula is C12H21NO2S. The lowest BCUT2D eigenvalue weighted by molar-refractivity contribution is -0.130. The van der Waals surface area contributed by atoms with Crippen molar-refractivity contribution in [3.05, 3.63) is 0 Å². The van der Waals surface area contributed by atoms with Gasteiger partial charge in [0.05, 0.1) is 6.10 Å². The smallest absolute Gasteiger partial charge is 0.220 e. The molecule has 4 heteroatoms. The second-order valence-electron chi connectivity index (χ2n) is 6.03. The third-order valence-corrected chi connectivity index (χ3v) is 5.05. The predicted octanol–water partition coefficient (Wildman–Crippen LogP) is 1.36. The van der Waals surface area contributed by atoms with Gasteiger partial charge >= 0.3 is 0 Å². The second kappa shape index (κ2) is 3.91. The van der Waals surface area contributed by atoms with Gasteiger partial charge < -0.3 is 10.4 Å². The zero-order valence-corrected chi connectivity index (χ0v) is 10.9. The Bertz CT molecular complexity index is 299. The quantitative estimate of drug-likeness (QED) is 0.653. The monoisotopic (exact) mass is 243 g/mol. The van der Waals surface area contributed by atoms with Crippen LogP contribution < -0.4 is 5.32 Å². The molecular weight excluding hydrogens is 222 g/mol. The number of carbonyl (C=O) groups excluding carboxylic acids is 1. The van der Waals surface area contributed by atoms with Crippen LogP contribution in [0, 0.1) is 10.8 Å². The topological polar surface area (TPSA) is 49.3 Å². The fourth-order valence-electron chi connectivity index (χ4n) is 2.30.